The molecule has 2 aromatic carbocycles. The van der Waals surface area contributed by atoms with Gasteiger partial charge in [0.15, 0.2) is 0 Å². The van der Waals surface area contributed by atoms with Crippen molar-refractivity contribution in [1.82, 2.24) is 9.21 Å². The minimum Gasteiger partial charge on any atom is -0.323 e. The standard InChI is InChI=1S/C22H23F3N4O4S/c1-15(21(31)29-14-20(30)26-17-7-3-4-8-18(17)29)27-10-12-28(13-11-27)34(32,33)19-9-5-2-6-16(19)22(23,24)25/h2-9,15H,10-14H2,1H3,(H,26,30)/t15-/m1/s1. The minimum absolute atomic E-state index is 0.0663. The second-order valence-electron chi connectivity index (χ2n) is 8.10. The Bertz CT molecular complexity index is 1210. The predicted octanol–water partition coefficient (Wildman–Crippen LogP) is 2.39. The first kappa shape index (κ1) is 24.2. The molecule has 182 valence electrons. The molecule has 8 nitrogen and oxygen atoms in total. The maximum atomic E-state index is 13.4. The average Bonchev–Trinajstić information content (AvgIpc) is 2.82. The Hall–Kier alpha value is -2.96. The molecule has 0 radical (unpaired) electrons. The number of piperazine rings is 1. The Labute approximate surface area is 195 Å². The quantitative estimate of drug-likeness (QED) is 0.702. The van der Waals surface area contributed by atoms with Crippen LogP contribution in [-0.4, -0.2) is 68.2 Å². The van der Waals surface area contributed by atoms with Gasteiger partial charge in [-0.25, -0.2) is 8.42 Å². The first-order chi connectivity index (χ1) is 16.0. The summed E-state index contributed by atoms with van der Waals surface area (Å²) in [7, 11) is -4.37. The lowest BCUT2D eigenvalue weighted by molar-refractivity contribution is -0.140. The van der Waals surface area contributed by atoms with Crippen LogP contribution in [0.25, 0.3) is 0 Å². The molecule has 2 amide bonds. The normalized spacial score (nSPS) is 18.8. The highest BCUT2D eigenvalue weighted by Crippen LogP contribution is 2.35. The molecule has 2 heterocycles. The Balaban J connectivity index is 1.47. The second kappa shape index (κ2) is 9.01. The summed E-state index contributed by atoms with van der Waals surface area (Å²) in [4.78, 5) is 27.6. The topological polar surface area (TPSA) is 90.0 Å². The number of alkyl halides is 3. The van der Waals surface area contributed by atoms with Crippen molar-refractivity contribution in [2.75, 3.05) is 42.9 Å². The largest absolute Gasteiger partial charge is 0.417 e. The van der Waals surface area contributed by atoms with Crippen molar-refractivity contribution in [2.24, 2.45) is 0 Å². The lowest BCUT2D eigenvalue weighted by Crippen LogP contribution is -2.56. The summed E-state index contributed by atoms with van der Waals surface area (Å²) in [6, 6.07) is 10.4. The fraction of sp³-hybridized carbons (Fsp3) is 0.364. The highest BCUT2D eigenvalue weighted by molar-refractivity contribution is 7.89. The van der Waals surface area contributed by atoms with Crippen LogP contribution in [0.3, 0.4) is 0 Å². The Morgan fingerprint density at radius 2 is 1.62 bits per heavy atom. The lowest BCUT2D eigenvalue weighted by Gasteiger charge is -2.39. The van der Waals surface area contributed by atoms with Crippen molar-refractivity contribution >= 4 is 33.2 Å². The second-order valence-corrected chi connectivity index (χ2v) is 10.0. The highest BCUT2D eigenvalue weighted by atomic mass is 32.2. The third kappa shape index (κ3) is 4.52. The molecular formula is C22H23F3N4O4S. The number of sulfonamides is 1. The molecule has 1 fully saturated rings. The summed E-state index contributed by atoms with van der Waals surface area (Å²) < 4.78 is 67.0. The van der Waals surface area contributed by atoms with Gasteiger partial charge in [-0.3, -0.25) is 19.4 Å². The fourth-order valence-electron chi connectivity index (χ4n) is 4.21. The van der Waals surface area contributed by atoms with Crippen molar-refractivity contribution in [3.63, 3.8) is 0 Å². The van der Waals surface area contributed by atoms with Crippen molar-refractivity contribution < 1.29 is 31.2 Å². The van der Waals surface area contributed by atoms with Crippen molar-refractivity contribution in [3.05, 3.63) is 54.1 Å². The number of carbonyl (C=O) groups is 2. The zero-order chi connectivity index (χ0) is 24.7. The van der Waals surface area contributed by atoms with Gasteiger partial charge in [0.25, 0.3) is 0 Å². The molecule has 1 atom stereocenters. The number of hydrogen-bond donors (Lipinski definition) is 1. The molecule has 2 aliphatic heterocycles. The molecule has 1 N–H and O–H groups in total. The third-order valence-electron chi connectivity index (χ3n) is 6.03. The van der Waals surface area contributed by atoms with E-state index in [-0.39, 0.29) is 44.5 Å². The molecule has 0 unspecified atom stereocenters. The monoisotopic (exact) mass is 496 g/mol. The van der Waals surface area contributed by atoms with Gasteiger partial charge in [0.2, 0.25) is 21.8 Å². The van der Waals surface area contributed by atoms with Crippen molar-refractivity contribution in [3.8, 4) is 0 Å². The van der Waals surface area contributed by atoms with E-state index in [0.717, 1.165) is 22.5 Å². The van der Waals surface area contributed by atoms with Gasteiger partial charge in [0, 0.05) is 26.2 Å². The fourth-order valence-corrected chi connectivity index (χ4v) is 5.84. The maximum Gasteiger partial charge on any atom is 0.417 e. The van der Waals surface area contributed by atoms with E-state index >= 15 is 0 Å². The molecule has 1 saturated heterocycles. The molecular weight excluding hydrogens is 473 g/mol. The number of hydrogen-bond acceptors (Lipinski definition) is 5. The van der Waals surface area contributed by atoms with Gasteiger partial charge in [-0.05, 0) is 31.2 Å². The molecule has 0 saturated carbocycles. The van der Waals surface area contributed by atoms with Crippen LogP contribution in [0.5, 0.6) is 0 Å². The number of halogens is 3. The maximum absolute atomic E-state index is 13.4. The number of carbonyl (C=O) groups excluding carboxylic acids is 2. The number of rotatable bonds is 4. The Morgan fingerprint density at radius 1 is 1.00 bits per heavy atom. The van der Waals surface area contributed by atoms with Crippen LogP contribution in [0, 0.1) is 0 Å². The molecule has 34 heavy (non-hydrogen) atoms. The number of anilines is 2. The van der Waals surface area contributed by atoms with E-state index in [9.17, 15) is 31.2 Å². The number of nitrogens with zero attached hydrogens (tertiary/aromatic N) is 3. The van der Waals surface area contributed by atoms with Crippen molar-refractivity contribution in [1.29, 1.82) is 0 Å². The van der Waals surface area contributed by atoms with E-state index in [1.807, 2.05) is 0 Å². The SMILES string of the molecule is C[C@H](C(=O)N1CC(=O)Nc2ccccc21)N1CCN(S(=O)(=O)c2ccccc2C(F)(F)F)CC1. The average molecular weight is 497 g/mol. The first-order valence-electron chi connectivity index (χ1n) is 10.6. The molecule has 4 rings (SSSR count). The Morgan fingerprint density at radius 3 is 2.29 bits per heavy atom. The minimum atomic E-state index is -4.80. The van der Waals surface area contributed by atoms with Crippen molar-refractivity contribution in [2.45, 2.75) is 24.0 Å². The molecule has 0 aliphatic carbocycles. The number of para-hydroxylation sites is 2. The van der Waals surface area contributed by atoms with Crippen LogP contribution in [0.4, 0.5) is 24.5 Å². The van der Waals surface area contributed by atoms with Gasteiger partial charge in [-0.2, -0.15) is 17.5 Å². The van der Waals surface area contributed by atoms with Gasteiger partial charge < -0.3 is 5.32 Å². The number of amides is 2. The molecule has 2 aliphatic rings. The smallest absolute Gasteiger partial charge is 0.323 e. The van der Waals surface area contributed by atoms with E-state index in [4.69, 9.17) is 0 Å². The van der Waals surface area contributed by atoms with Crippen LogP contribution < -0.4 is 10.2 Å². The van der Waals surface area contributed by atoms with Gasteiger partial charge in [0.1, 0.15) is 6.54 Å². The zero-order valence-corrected chi connectivity index (χ0v) is 19.1. The van der Waals surface area contributed by atoms with E-state index < -0.39 is 32.7 Å². The van der Waals surface area contributed by atoms with E-state index in [1.165, 1.54) is 11.0 Å². The molecule has 0 bridgehead atoms. The Kier molecular flexibility index (Phi) is 6.40. The van der Waals surface area contributed by atoms with E-state index in [1.54, 1.807) is 36.1 Å². The summed E-state index contributed by atoms with van der Waals surface area (Å²) in [6.45, 7) is 1.71. The summed E-state index contributed by atoms with van der Waals surface area (Å²) in [5.74, 6) is -0.639. The third-order valence-corrected chi connectivity index (χ3v) is 7.98. The molecule has 0 aromatic heterocycles. The molecule has 12 heteroatoms. The molecule has 0 spiro atoms. The van der Waals surface area contributed by atoms with Gasteiger partial charge >= 0.3 is 6.18 Å². The summed E-state index contributed by atoms with van der Waals surface area (Å²) >= 11 is 0. The summed E-state index contributed by atoms with van der Waals surface area (Å²) in [5, 5.41) is 2.72. The van der Waals surface area contributed by atoms with Gasteiger partial charge in [-0.1, -0.05) is 24.3 Å². The summed E-state index contributed by atoms with van der Waals surface area (Å²) in [6.07, 6.45) is -4.80. The van der Waals surface area contributed by atoms with Gasteiger partial charge in [-0.15, -0.1) is 0 Å². The summed E-state index contributed by atoms with van der Waals surface area (Å²) in [5.41, 5.74) is -0.106. The highest BCUT2D eigenvalue weighted by Gasteiger charge is 2.40. The van der Waals surface area contributed by atoms with Gasteiger partial charge in [0.05, 0.1) is 27.9 Å². The predicted molar refractivity (Wildman–Crippen MR) is 119 cm³/mol. The van der Waals surface area contributed by atoms with Crippen LogP contribution in [0.2, 0.25) is 0 Å². The number of benzene rings is 2. The lowest BCUT2D eigenvalue weighted by atomic mass is 10.1. The van der Waals surface area contributed by atoms with Crippen LogP contribution in [-0.2, 0) is 25.8 Å². The zero-order valence-electron chi connectivity index (χ0n) is 18.2. The van der Waals surface area contributed by atoms with Crippen LogP contribution in [0.15, 0.2) is 53.4 Å². The van der Waals surface area contributed by atoms with E-state index in [2.05, 4.69) is 5.32 Å². The van der Waals surface area contributed by atoms with Crippen LogP contribution in [0.1, 0.15) is 12.5 Å². The first-order valence-corrected chi connectivity index (χ1v) is 12.0. The number of fused-ring (bicyclic) bond motifs is 1. The molecule has 2 aromatic rings. The van der Waals surface area contributed by atoms with Crippen LogP contribution >= 0.6 is 0 Å². The number of nitrogens with one attached hydrogen (secondary N) is 1. The van der Waals surface area contributed by atoms with E-state index in [0.29, 0.717) is 11.4 Å².